The summed E-state index contributed by atoms with van der Waals surface area (Å²) in [5.74, 6) is 1.99. The Bertz CT molecular complexity index is 318. The van der Waals surface area contributed by atoms with Crippen LogP contribution in [0.5, 0.6) is 5.75 Å². The van der Waals surface area contributed by atoms with Gasteiger partial charge in [0.1, 0.15) is 12.4 Å². The van der Waals surface area contributed by atoms with Crippen LogP contribution in [0.15, 0.2) is 36.4 Å². The number of allylic oxidation sites excluding steroid dienone is 1. The van der Waals surface area contributed by atoms with E-state index in [1.807, 2.05) is 24.3 Å². The Hall–Kier alpha value is -0.950. The summed E-state index contributed by atoms with van der Waals surface area (Å²) in [6, 6.07) is 8.20. The molecule has 0 heterocycles. The molecule has 0 unspecified atom stereocenters. The second-order valence-electron chi connectivity index (χ2n) is 3.66. The average molecular weight is 225 g/mol. The van der Waals surface area contributed by atoms with Crippen LogP contribution in [-0.2, 0) is 0 Å². The maximum atomic E-state index is 5.55. The van der Waals surface area contributed by atoms with Crippen molar-refractivity contribution in [3.05, 3.63) is 42.0 Å². The van der Waals surface area contributed by atoms with E-state index < -0.39 is 0 Å². The molecular formula is C13H17ClO. The predicted molar refractivity (Wildman–Crippen MR) is 65.9 cm³/mol. The molecule has 1 nitrogen and oxygen atoms in total. The summed E-state index contributed by atoms with van der Waals surface area (Å²) in [5.41, 5.74) is 1.30. The van der Waals surface area contributed by atoms with Gasteiger partial charge in [-0.2, -0.15) is 0 Å². The number of ether oxygens (including phenoxy) is 1. The van der Waals surface area contributed by atoms with Crippen LogP contribution < -0.4 is 4.74 Å². The first-order valence-electron chi connectivity index (χ1n) is 5.17. The van der Waals surface area contributed by atoms with E-state index in [2.05, 4.69) is 26.0 Å². The number of halogens is 1. The van der Waals surface area contributed by atoms with Gasteiger partial charge >= 0.3 is 0 Å². The van der Waals surface area contributed by atoms with Crippen molar-refractivity contribution in [2.45, 2.75) is 19.8 Å². The normalized spacial score (nSPS) is 11.2. The van der Waals surface area contributed by atoms with Crippen LogP contribution >= 0.6 is 11.6 Å². The topological polar surface area (TPSA) is 9.23 Å². The Morgan fingerprint density at radius 1 is 1.33 bits per heavy atom. The molecule has 82 valence electrons. The molecule has 0 atom stereocenters. The highest BCUT2D eigenvalue weighted by atomic mass is 35.5. The Morgan fingerprint density at radius 2 is 2.13 bits per heavy atom. The van der Waals surface area contributed by atoms with Crippen molar-refractivity contribution < 1.29 is 4.74 Å². The summed E-state index contributed by atoms with van der Waals surface area (Å²) in [4.78, 5) is 0. The highest BCUT2D eigenvalue weighted by molar-refractivity contribution is 6.18. The van der Waals surface area contributed by atoms with E-state index in [1.165, 1.54) is 5.56 Å². The largest absolute Gasteiger partial charge is 0.490 e. The molecule has 0 aliphatic carbocycles. The number of alkyl halides is 1. The van der Waals surface area contributed by atoms with Gasteiger partial charge in [-0.1, -0.05) is 38.1 Å². The molecule has 0 radical (unpaired) electrons. The fraction of sp³-hybridized carbons (Fsp3) is 0.385. The lowest BCUT2D eigenvalue weighted by Gasteiger charge is -2.08. The first-order valence-corrected chi connectivity index (χ1v) is 5.71. The fourth-order valence-electron chi connectivity index (χ4n) is 1.24. The molecule has 0 spiro atoms. The second kappa shape index (κ2) is 6.52. The van der Waals surface area contributed by atoms with Crippen LogP contribution in [0, 0.1) is 0 Å². The van der Waals surface area contributed by atoms with Gasteiger partial charge in [-0.25, -0.2) is 0 Å². The van der Waals surface area contributed by atoms with Crippen LogP contribution in [0.4, 0.5) is 0 Å². The van der Waals surface area contributed by atoms with E-state index in [0.717, 1.165) is 5.75 Å². The van der Waals surface area contributed by atoms with Gasteiger partial charge in [0.25, 0.3) is 0 Å². The van der Waals surface area contributed by atoms with E-state index in [1.54, 1.807) is 0 Å². The van der Waals surface area contributed by atoms with Crippen LogP contribution in [0.2, 0.25) is 0 Å². The molecule has 2 heteroatoms. The lowest BCUT2D eigenvalue weighted by atomic mass is 10.0. The van der Waals surface area contributed by atoms with E-state index in [0.29, 0.717) is 18.4 Å². The minimum Gasteiger partial charge on any atom is -0.490 e. The second-order valence-corrected chi connectivity index (χ2v) is 3.97. The van der Waals surface area contributed by atoms with Gasteiger partial charge in [0.05, 0.1) is 0 Å². The Balaban J connectivity index is 2.54. The Kier molecular flexibility index (Phi) is 5.27. The molecule has 0 aliphatic heterocycles. The summed E-state index contributed by atoms with van der Waals surface area (Å²) >= 11 is 5.51. The van der Waals surface area contributed by atoms with Gasteiger partial charge in [-0.15, -0.1) is 11.6 Å². The number of rotatable bonds is 5. The summed E-state index contributed by atoms with van der Waals surface area (Å²) in [7, 11) is 0. The van der Waals surface area contributed by atoms with Gasteiger partial charge in [-0.3, -0.25) is 0 Å². The van der Waals surface area contributed by atoms with Crippen molar-refractivity contribution in [2.24, 2.45) is 0 Å². The van der Waals surface area contributed by atoms with Crippen molar-refractivity contribution >= 4 is 11.6 Å². The lowest BCUT2D eigenvalue weighted by Crippen LogP contribution is -1.95. The van der Waals surface area contributed by atoms with Crippen molar-refractivity contribution in [1.82, 2.24) is 0 Å². The molecule has 1 aromatic rings. The fourth-order valence-corrected chi connectivity index (χ4v) is 1.36. The van der Waals surface area contributed by atoms with Gasteiger partial charge < -0.3 is 4.74 Å². The number of benzene rings is 1. The van der Waals surface area contributed by atoms with E-state index >= 15 is 0 Å². The molecule has 0 aliphatic rings. The molecule has 0 saturated carbocycles. The quantitative estimate of drug-likeness (QED) is 0.543. The minimum atomic E-state index is 0.534. The van der Waals surface area contributed by atoms with Gasteiger partial charge in [0.15, 0.2) is 0 Å². The summed E-state index contributed by atoms with van der Waals surface area (Å²) in [6.07, 6.45) is 3.81. The smallest absolute Gasteiger partial charge is 0.120 e. The number of hydrogen-bond acceptors (Lipinski definition) is 1. The first-order chi connectivity index (χ1) is 7.24. The molecule has 0 fully saturated rings. The van der Waals surface area contributed by atoms with Gasteiger partial charge in [0, 0.05) is 5.88 Å². The molecule has 0 aromatic heterocycles. The molecule has 0 N–H and O–H groups in total. The zero-order valence-electron chi connectivity index (χ0n) is 9.24. The van der Waals surface area contributed by atoms with Crippen LogP contribution in [0.25, 0.3) is 0 Å². The standard InChI is InChI=1S/C13H17ClO/c1-11(2)12-6-5-7-13(10-12)15-9-4-3-8-14/h3-7,10-11H,8-9H2,1-2H3. The van der Waals surface area contributed by atoms with Crippen molar-refractivity contribution in [1.29, 1.82) is 0 Å². The van der Waals surface area contributed by atoms with Crippen LogP contribution in [0.1, 0.15) is 25.3 Å². The Morgan fingerprint density at radius 3 is 2.80 bits per heavy atom. The maximum absolute atomic E-state index is 5.55. The van der Waals surface area contributed by atoms with E-state index in [4.69, 9.17) is 16.3 Å². The van der Waals surface area contributed by atoms with Crippen molar-refractivity contribution in [3.63, 3.8) is 0 Å². The zero-order valence-corrected chi connectivity index (χ0v) is 10.00. The Labute approximate surface area is 96.7 Å². The van der Waals surface area contributed by atoms with Crippen molar-refractivity contribution in [3.8, 4) is 5.75 Å². The predicted octanol–water partition coefficient (Wildman–Crippen LogP) is 3.98. The molecule has 0 bridgehead atoms. The highest BCUT2D eigenvalue weighted by Crippen LogP contribution is 2.19. The SMILES string of the molecule is CC(C)c1cccc(OCC=CCCl)c1. The number of hydrogen-bond donors (Lipinski definition) is 0. The third-order valence-corrected chi connectivity index (χ3v) is 2.30. The monoisotopic (exact) mass is 224 g/mol. The maximum Gasteiger partial charge on any atom is 0.120 e. The molecule has 1 aromatic carbocycles. The van der Waals surface area contributed by atoms with Crippen molar-refractivity contribution in [2.75, 3.05) is 12.5 Å². The summed E-state index contributed by atoms with van der Waals surface area (Å²) in [5, 5.41) is 0. The van der Waals surface area contributed by atoms with Crippen LogP contribution in [-0.4, -0.2) is 12.5 Å². The van der Waals surface area contributed by atoms with Gasteiger partial charge in [0.2, 0.25) is 0 Å². The summed E-state index contributed by atoms with van der Waals surface area (Å²) < 4.78 is 5.55. The molecule has 15 heavy (non-hydrogen) atoms. The molecule has 0 amide bonds. The third kappa shape index (κ3) is 4.39. The van der Waals surface area contributed by atoms with Crippen LogP contribution in [0.3, 0.4) is 0 Å². The molecule has 0 saturated heterocycles. The average Bonchev–Trinajstić information content (AvgIpc) is 2.25. The van der Waals surface area contributed by atoms with E-state index in [9.17, 15) is 0 Å². The lowest BCUT2D eigenvalue weighted by molar-refractivity contribution is 0.362. The summed E-state index contributed by atoms with van der Waals surface area (Å²) in [6.45, 7) is 4.92. The highest BCUT2D eigenvalue weighted by Gasteiger charge is 1.99. The van der Waals surface area contributed by atoms with Gasteiger partial charge in [-0.05, 0) is 23.6 Å². The first kappa shape index (κ1) is 12.1. The van der Waals surface area contributed by atoms with E-state index in [-0.39, 0.29) is 0 Å². The molecular weight excluding hydrogens is 208 g/mol. The zero-order chi connectivity index (χ0) is 11.1. The molecule has 1 rings (SSSR count). The third-order valence-electron chi connectivity index (χ3n) is 2.13. The minimum absolute atomic E-state index is 0.534.